The molecule has 0 aliphatic carbocycles. The normalized spacial score (nSPS) is 16.3. The van der Waals surface area contributed by atoms with Crippen LogP contribution in [0.3, 0.4) is 0 Å². The van der Waals surface area contributed by atoms with Crippen LogP contribution in [-0.4, -0.2) is 36.4 Å². The topological polar surface area (TPSA) is 66.3 Å². The fourth-order valence-corrected chi connectivity index (χ4v) is 2.98. The number of benzene rings is 2. The van der Waals surface area contributed by atoms with E-state index in [0.29, 0.717) is 30.4 Å². The van der Waals surface area contributed by atoms with Crippen LogP contribution in [-0.2, 0) is 17.7 Å². The van der Waals surface area contributed by atoms with Crippen LogP contribution in [0.15, 0.2) is 59.4 Å². The Hall–Kier alpha value is -3.06. The Morgan fingerprint density at radius 3 is 2.57 bits per heavy atom. The summed E-state index contributed by atoms with van der Waals surface area (Å²) in [6, 6.07) is 12.9. The Bertz CT molecular complexity index is 884. The van der Waals surface area contributed by atoms with E-state index in [1.807, 2.05) is 42.2 Å². The summed E-state index contributed by atoms with van der Waals surface area (Å²) in [5.41, 5.74) is 2.50. The van der Waals surface area contributed by atoms with E-state index in [1.54, 1.807) is 12.3 Å². The third kappa shape index (κ3) is 4.26. The fourth-order valence-electron chi connectivity index (χ4n) is 2.98. The van der Waals surface area contributed by atoms with E-state index >= 15 is 0 Å². The number of aliphatic hydroxyl groups excluding tert-OH is 1. The van der Waals surface area contributed by atoms with Gasteiger partial charge in [-0.3, -0.25) is 0 Å². The Labute approximate surface area is 163 Å². The van der Waals surface area contributed by atoms with Gasteiger partial charge in [-0.2, -0.15) is 0 Å². The second-order valence-electron chi connectivity index (χ2n) is 6.30. The highest BCUT2D eigenvalue weighted by Gasteiger charge is 2.24. The number of methoxy groups -OCH3 is 2. The quantitative estimate of drug-likeness (QED) is 0.797. The molecular formula is C21H24FN3O3. The molecule has 7 heteroatoms. The molecule has 0 aromatic heterocycles. The van der Waals surface area contributed by atoms with Gasteiger partial charge in [0.15, 0.2) is 17.3 Å². The number of hydrogen-bond donors (Lipinski definition) is 2. The van der Waals surface area contributed by atoms with Crippen molar-refractivity contribution in [2.24, 2.45) is 4.99 Å². The minimum Gasteiger partial charge on any atom is -0.495 e. The molecule has 148 valence electrons. The lowest BCUT2D eigenvalue weighted by atomic mass is 10.1. The van der Waals surface area contributed by atoms with Gasteiger partial charge < -0.3 is 24.8 Å². The average molecular weight is 385 g/mol. The Balaban J connectivity index is 1.94. The minimum absolute atomic E-state index is 0.138. The summed E-state index contributed by atoms with van der Waals surface area (Å²) in [4.78, 5) is 6.16. The van der Waals surface area contributed by atoms with Crippen molar-refractivity contribution < 1.29 is 19.0 Å². The number of nitrogens with one attached hydrogen (secondary N) is 1. The first-order valence-corrected chi connectivity index (χ1v) is 9.01. The van der Waals surface area contributed by atoms with Gasteiger partial charge in [0.25, 0.3) is 0 Å². The van der Waals surface area contributed by atoms with E-state index in [-0.39, 0.29) is 5.75 Å². The van der Waals surface area contributed by atoms with Crippen molar-refractivity contribution in [1.82, 2.24) is 4.90 Å². The summed E-state index contributed by atoms with van der Waals surface area (Å²) in [6.07, 6.45) is 1.21. The molecule has 1 aliphatic rings. The van der Waals surface area contributed by atoms with E-state index in [0.717, 1.165) is 11.1 Å². The van der Waals surface area contributed by atoms with Gasteiger partial charge in [0.2, 0.25) is 12.2 Å². The van der Waals surface area contributed by atoms with Crippen LogP contribution in [0.4, 0.5) is 10.1 Å². The van der Waals surface area contributed by atoms with Gasteiger partial charge in [0, 0.05) is 18.0 Å². The lowest BCUT2D eigenvalue weighted by Crippen LogP contribution is -2.38. The minimum atomic E-state index is -1.12. The molecule has 6 nitrogen and oxygen atoms in total. The zero-order valence-electron chi connectivity index (χ0n) is 16.1. The van der Waals surface area contributed by atoms with Crippen molar-refractivity contribution in [3.63, 3.8) is 0 Å². The summed E-state index contributed by atoms with van der Waals surface area (Å²) in [5, 5.41) is 13.5. The van der Waals surface area contributed by atoms with Crippen LogP contribution >= 0.6 is 0 Å². The predicted molar refractivity (Wildman–Crippen MR) is 106 cm³/mol. The summed E-state index contributed by atoms with van der Waals surface area (Å²) in [6.45, 7) is 2.46. The van der Waals surface area contributed by atoms with E-state index in [4.69, 9.17) is 9.47 Å². The average Bonchev–Trinajstić information content (AvgIpc) is 2.71. The molecule has 1 unspecified atom stereocenters. The molecule has 0 amide bonds. The molecule has 1 atom stereocenters. The van der Waals surface area contributed by atoms with Gasteiger partial charge in [0.05, 0.1) is 20.8 Å². The van der Waals surface area contributed by atoms with Crippen LogP contribution in [0, 0.1) is 5.82 Å². The summed E-state index contributed by atoms with van der Waals surface area (Å²) < 4.78 is 24.4. The van der Waals surface area contributed by atoms with Crippen molar-refractivity contribution >= 4 is 11.6 Å². The van der Waals surface area contributed by atoms with E-state index in [1.165, 1.54) is 20.3 Å². The number of aryl methyl sites for hydroxylation is 1. The van der Waals surface area contributed by atoms with Gasteiger partial charge in [-0.1, -0.05) is 37.3 Å². The van der Waals surface area contributed by atoms with E-state index < -0.39 is 12.0 Å². The first-order chi connectivity index (χ1) is 13.5. The van der Waals surface area contributed by atoms with Crippen LogP contribution in [0.2, 0.25) is 0 Å². The first kappa shape index (κ1) is 19.7. The van der Waals surface area contributed by atoms with Crippen LogP contribution < -0.4 is 10.1 Å². The monoisotopic (exact) mass is 385 g/mol. The Morgan fingerprint density at radius 1 is 1.18 bits per heavy atom. The molecule has 2 N–H and O–H groups in total. The van der Waals surface area contributed by atoms with Gasteiger partial charge in [-0.25, -0.2) is 9.38 Å². The molecule has 0 saturated carbocycles. The van der Waals surface area contributed by atoms with E-state index in [9.17, 15) is 9.50 Å². The van der Waals surface area contributed by atoms with Gasteiger partial charge in [0.1, 0.15) is 0 Å². The number of aliphatic imine (C=N–C) groups is 1. The maximum atomic E-state index is 14.1. The number of halogens is 1. The molecule has 1 heterocycles. The van der Waals surface area contributed by atoms with Crippen LogP contribution in [0.5, 0.6) is 5.75 Å². The maximum Gasteiger partial charge on any atom is 0.208 e. The zero-order valence-corrected chi connectivity index (χ0v) is 16.1. The number of ether oxygens (including phenoxy) is 2. The maximum absolute atomic E-state index is 14.1. The second-order valence-corrected chi connectivity index (χ2v) is 6.30. The zero-order chi connectivity index (χ0) is 20.1. The van der Waals surface area contributed by atoms with Crippen molar-refractivity contribution in [3.05, 3.63) is 71.4 Å². The Kier molecular flexibility index (Phi) is 6.16. The number of aliphatic hydroxyl groups is 1. The number of nitrogens with zero attached hydrogens (tertiary/aromatic N) is 2. The smallest absolute Gasteiger partial charge is 0.208 e. The molecular weight excluding hydrogens is 361 g/mol. The Morgan fingerprint density at radius 2 is 1.93 bits per heavy atom. The molecule has 0 saturated heterocycles. The molecule has 1 aliphatic heterocycles. The third-order valence-corrected chi connectivity index (χ3v) is 4.49. The molecule has 0 spiro atoms. The molecule has 0 radical (unpaired) electrons. The lowest BCUT2D eigenvalue weighted by molar-refractivity contribution is 0.124. The largest absolute Gasteiger partial charge is 0.495 e. The summed E-state index contributed by atoms with van der Waals surface area (Å²) >= 11 is 0. The molecule has 28 heavy (non-hydrogen) atoms. The molecule has 0 bridgehead atoms. The number of guanidine groups is 1. The fraction of sp³-hybridized carbons (Fsp3) is 0.286. The highest BCUT2D eigenvalue weighted by Crippen LogP contribution is 2.28. The second kappa shape index (κ2) is 8.75. The molecule has 2 aromatic carbocycles. The van der Waals surface area contributed by atoms with Gasteiger partial charge >= 0.3 is 0 Å². The van der Waals surface area contributed by atoms with Crippen LogP contribution in [0.25, 0.3) is 0 Å². The highest BCUT2D eigenvalue weighted by atomic mass is 19.1. The summed E-state index contributed by atoms with van der Waals surface area (Å²) in [7, 11) is 2.91. The predicted octanol–water partition coefficient (Wildman–Crippen LogP) is 3.49. The van der Waals surface area contributed by atoms with Crippen LogP contribution in [0.1, 0.15) is 18.1 Å². The highest BCUT2D eigenvalue weighted by molar-refractivity contribution is 5.96. The SMILES string of the molecule is CCc1cc(F)c(OC)cc1NC1=NC(O)C(OC)=CN1Cc1ccccc1. The molecule has 3 rings (SSSR count). The number of rotatable bonds is 6. The molecule has 0 fully saturated rings. The number of hydrogen-bond acceptors (Lipinski definition) is 6. The molecule has 2 aromatic rings. The van der Waals surface area contributed by atoms with E-state index in [2.05, 4.69) is 10.3 Å². The van der Waals surface area contributed by atoms with Crippen molar-refractivity contribution in [3.8, 4) is 5.75 Å². The van der Waals surface area contributed by atoms with Crippen molar-refractivity contribution in [2.75, 3.05) is 19.5 Å². The van der Waals surface area contributed by atoms with Gasteiger partial charge in [-0.15, -0.1) is 0 Å². The summed E-state index contributed by atoms with van der Waals surface area (Å²) in [5.74, 6) is 0.493. The first-order valence-electron chi connectivity index (χ1n) is 9.01. The lowest BCUT2D eigenvalue weighted by Gasteiger charge is -2.30. The van der Waals surface area contributed by atoms with Gasteiger partial charge in [-0.05, 0) is 23.6 Å². The number of anilines is 1. The third-order valence-electron chi connectivity index (χ3n) is 4.49. The van der Waals surface area contributed by atoms with Crippen molar-refractivity contribution in [1.29, 1.82) is 0 Å². The standard InChI is InChI=1S/C21H24FN3O3/c1-4-15-10-16(22)18(27-2)11-17(15)23-21-24-20(26)19(28-3)13-25(21)12-14-8-6-5-7-9-14/h5-11,13,20,26H,4,12H2,1-3H3,(H,23,24). The van der Waals surface area contributed by atoms with Crippen molar-refractivity contribution in [2.45, 2.75) is 26.1 Å².